The Balaban J connectivity index is 3.22. The van der Waals surface area contributed by atoms with Gasteiger partial charge in [-0.05, 0) is 18.9 Å². The van der Waals surface area contributed by atoms with E-state index in [1.54, 1.807) is 26.4 Å². The minimum atomic E-state index is 0.585. The molecule has 0 bridgehead atoms. The number of hydrogen-bond acceptors (Lipinski definition) is 4. The van der Waals surface area contributed by atoms with E-state index in [2.05, 4.69) is 11.7 Å². The highest BCUT2D eigenvalue weighted by Crippen LogP contribution is 2.28. The fourth-order valence-electron chi connectivity index (χ4n) is 1.23. The second-order valence-electron chi connectivity index (χ2n) is 2.84. The van der Waals surface area contributed by atoms with Crippen molar-refractivity contribution in [3.8, 4) is 5.75 Å². The van der Waals surface area contributed by atoms with Gasteiger partial charge in [-0.2, -0.15) is 0 Å². The van der Waals surface area contributed by atoms with Crippen molar-refractivity contribution in [1.29, 1.82) is 0 Å². The first-order valence-corrected chi connectivity index (χ1v) is 4.36. The number of hydrogen-bond donors (Lipinski definition) is 1. The van der Waals surface area contributed by atoms with Gasteiger partial charge in [-0.15, -0.1) is 0 Å². The maximum Gasteiger partial charge on any atom is 0.148 e. The molecule has 0 amide bonds. The van der Waals surface area contributed by atoms with Gasteiger partial charge in [0.1, 0.15) is 11.5 Å². The topological polar surface area (TPSA) is 56.8 Å². The molecule has 0 heterocycles. The Bertz CT molecular complexity index is 386. The van der Waals surface area contributed by atoms with Gasteiger partial charge in [0.15, 0.2) is 0 Å². The lowest BCUT2D eigenvalue weighted by Crippen LogP contribution is -1.95. The molecule has 1 aromatic rings. The molecule has 0 aliphatic carbocycles. The molecule has 0 unspecified atom stereocenters. The van der Waals surface area contributed by atoms with Crippen LogP contribution < -0.4 is 10.5 Å². The Morgan fingerprint density at radius 3 is 2.73 bits per heavy atom. The highest BCUT2D eigenvalue weighted by Gasteiger charge is 2.08. The predicted octanol–water partition coefficient (Wildman–Crippen LogP) is 1.92. The van der Waals surface area contributed by atoms with Crippen LogP contribution in [0.3, 0.4) is 0 Å². The number of anilines is 1. The number of benzene rings is 1. The molecule has 0 fully saturated rings. The fraction of sp³-hybridized carbons (Fsp3) is 0.182. The molecule has 0 aliphatic rings. The number of rotatable bonds is 4. The van der Waals surface area contributed by atoms with Crippen LogP contribution in [0.15, 0.2) is 29.4 Å². The summed E-state index contributed by atoms with van der Waals surface area (Å²) in [4.78, 5) is 3.66. The summed E-state index contributed by atoms with van der Waals surface area (Å²) in [5, 5.41) is 0. The van der Waals surface area contributed by atoms with Crippen molar-refractivity contribution in [1.82, 2.24) is 0 Å². The molecule has 1 rings (SSSR count). The third kappa shape index (κ3) is 2.49. The summed E-state index contributed by atoms with van der Waals surface area (Å²) in [7, 11) is 3.14. The molecule has 0 aliphatic heterocycles. The lowest BCUT2D eigenvalue weighted by Gasteiger charge is -2.10. The molecule has 0 saturated carbocycles. The van der Waals surface area contributed by atoms with Gasteiger partial charge in [0, 0.05) is 11.8 Å². The third-order valence-electron chi connectivity index (χ3n) is 1.92. The van der Waals surface area contributed by atoms with Crippen molar-refractivity contribution in [3.63, 3.8) is 0 Å². The van der Waals surface area contributed by atoms with Crippen LogP contribution in [0.1, 0.15) is 5.56 Å². The van der Waals surface area contributed by atoms with Gasteiger partial charge in [0.25, 0.3) is 0 Å². The van der Waals surface area contributed by atoms with Gasteiger partial charge in [-0.25, -0.2) is 0 Å². The van der Waals surface area contributed by atoms with Crippen LogP contribution in [-0.4, -0.2) is 20.9 Å². The fourth-order valence-corrected chi connectivity index (χ4v) is 1.23. The van der Waals surface area contributed by atoms with Crippen LogP contribution in [0.4, 0.5) is 5.69 Å². The Morgan fingerprint density at radius 2 is 2.20 bits per heavy atom. The Morgan fingerprint density at radius 1 is 1.47 bits per heavy atom. The second kappa shape index (κ2) is 5.05. The molecule has 80 valence electrons. The average molecular weight is 206 g/mol. The Hall–Kier alpha value is -1.97. The molecule has 0 atom stereocenters. The van der Waals surface area contributed by atoms with Crippen molar-refractivity contribution >= 4 is 18.2 Å². The van der Waals surface area contributed by atoms with E-state index in [-0.39, 0.29) is 0 Å². The lowest BCUT2D eigenvalue weighted by atomic mass is 10.1. The van der Waals surface area contributed by atoms with Gasteiger partial charge in [0.05, 0.1) is 26.0 Å². The van der Waals surface area contributed by atoms with E-state index in [1.165, 1.54) is 6.20 Å². The lowest BCUT2D eigenvalue weighted by molar-refractivity contribution is 0.361. The van der Waals surface area contributed by atoms with E-state index in [0.717, 1.165) is 5.56 Å². The number of methoxy groups -OCH3 is 2. The van der Waals surface area contributed by atoms with E-state index < -0.39 is 0 Å². The molecular weight excluding hydrogens is 192 g/mol. The summed E-state index contributed by atoms with van der Waals surface area (Å²) in [5.74, 6) is 1.23. The van der Waals surface area contributed by atoms with Crippen LogP contribution in [0, 0.1) is 0 Å². The minimum absolute atomic E-state index is 0.585. The van der Waals surface area contributed by atoms with Gasteiger partial charge in [-0.1, -0.05) is 0 Å². The first-order valence-electron chi connectivity index (χ1n) is 4.36. The van der Waals surface area contributed by atoms with Crippen molar-refractivity contribution in [2.24, 2.45) is 4.99 Å². The monoisotopic (exact) mass is 206 g/mol. The Labute approximate surface area is 89.0 Å². The standard InChI is InChI=1S/C11H14N2O2/c1-13-7-11(15-3)9-5-4-8(12)6-10(9)14-2/h4-7H,1,12H2,2-3H3/b11-7-. The number of nitrogens with zero attached hydrogens (tertiary/aromatic N) is 1. The molecule has 1 aromatic carbocycles. The van der Waals surface area contributed by atoms with E-state index in [4.69, 9.17) is 15.2 Å². The number of nitrogen functional groups attached to an aromatic ring is 1. The summed E-state index contributed by atoms with van der Waals surface area (Å²) in [5.41, 5.74) is 7.07. The predicted molar refractivity (Wildman–Crippen MR) is 61.9 cm³/mol. The maximum absolute atomic E-state index is 5.64. The van der Waals surface area contributed by atoms with Gasteiger partial charge < -0.3 is 15.2 Å². The summed E-state index contributed by atoms with van der Waals surface area (Å²) in [6, 6.07) is 5.31. The molecule has 0 radical (unpaired) electrons. The molecular formula is C11H14N2O2. The second-order valence-corrected chi connectivity index (χ2v) is 2.84. The third-order valence-corrected chi connectivity index (χ3v) is 1.92. The largest absolute Gasteiger partial charge is 0.496 e. The molecule has 4 nitrogen and oxygen atoms in total. The number of nitrogens with two attached hydrogens (primary N) is 1. The number of aliphatic imine (C=N–C) groups is 1. The van der Waals surface area contributed by atoms with Crippen LogP contribution in [0.2, 0.25) is 0 Å². The zero-order valence-electron chi connectivity index (χ0n) is 8.86. The molecule has 0 spiro atoms. The van der Waals surface area contributed by atoms with Crippen molar-refractivity contribution < 1.29 is 9.47 Å². The zero-order chi connectivity index (χ0) is 11.3. The van der Waals surface area contributed by atoms with E-state index in [1.807, 2.05) is 6.07 Å². The summed E-state index contributed by atoms with van der Waals surface area (Å²) >= 11 is 0. The molecule has 4 heteroatoms. The van der Waals surface area contributed by atoms with Crippen LogP contribution in [0.25, 0.3) is 5.76 Å². The van der Waals surface area contributed by atoms with Gasteiger partial charge in [0.2, 0.25) is 0 Å². The summed E-state index contributed by atoms with van der Waals surface area (Å²) in [6.45, 7) is 3.38. The van der Waals surface area contributed by atoms with Crippen LogP contribution in [0.5, 0.6) is 5.75 Å². The first-order chi connectivity index (χ1) is 7.22. The maximum atomic E-state index is 5.64. The Kier molecular flexibility index (Phi) is 3.74. The van der Waals surface area contributed by atoms with Crippen LogP contribution in [-0.2, 0) is 4.74 Å². The van der Waals surface area contributed by atoms with Crippen molar-refractivity contribution in [2.75, 3.05) is 20.0 Å². The van der Waals surface area contributed by atoms with Crippen molar-refractivity contribution in [3.05, 3.63) is 30.0 Å². The average Bonchev–Trinajstić information content (AvgIpc) is 2.26. The minimum Gasteiger partial charge on any atom is -0.496 e. The normalized spacial score (nSPS) is 10.9. The first kappa shape index (κ1) is 11.1. The van der Waals surface area contributed by atoms with E-state index in [0.29, 0.717) is 17.2 Å². The molecule has 2 N–H and O–H groups in total. The highest BCUT2D eigenvalue weighted by molar-refractivity contribution is 5.68. The summed E-state index contributed by atoms with van der Waals surface area (Å²) < 4.78 is 10.4. The quantitative estimate of drug-likeness (QED) is 0.465. The molecule has 0 aromatic heterocycles. The molecule has 0 saturated heterocycles. The van der Waals surface area contributed by atoms with Crippen LogP contribution >= 0.6 is 0 Å². The summed E-state index contributed by atoms with van der Waals surface area (Å²) in [6.07, 6.45) is 1.52. The number of ether oxygens (including phenoxy) is 2. The smallest absolute Gasteiger partial charge is 0.148 e. The molecule has 15 heavy (non-hydrogen) atoms. The van der Waals surface area contributed by atoms with E-state index in [9.17, 15) is 0 Å². The zero-order valence-corrected chi connectivity index (χ0v) is 8.86. The van der Waals surface area contributed by atoms with E-state index >= 15 is 0 Å². The van der Waals surface area contributed by atoms with Crippen molar-refractivity contribution in [2.45, 2.75) is 0 Å². The van der Waals surface area contributed by atoms with Gasteiger partial charge in [-0.3, -0.25) is 4.99 Å². The SMILES string of the molecule is C=N/C=C(\OC)c1ccc(N)cc1OC. The van der Waals surface area contributed by atoms with Gasteiger partial charge >= 0.3 is 0 Å². The highest BCUT2D eigenvalue weighted by atomic mass is 16.5.